The quantitative estimate of drug-likeness (QED) is 0.649. The first-order valence-corrected chi connectivity index (χ1v) is 8.99. The van der Waals surface area contributed by atoms with Crippen molar-refractivity contribution in [3.63, 3.8) is 0 Å². The van der Waals surface area contributed by atoms with Gasteiger partial charge in [-0.15, -0.1) is 0 Å². The van der Waals surface area contributed by atoms with Crippen LogP contribution in [0.15, 0.2) is 0 Å². The molecule has 0 spiro atoms. The molecule has 0 aliphatic rings. The van der Waals surface area contributed by atoms with Gasteiger partial charge in [-0.05, 0) is 44.7 Å². The van der Waals surface area contributed by atoms with Crippen LogP contribution < -0.4 is 5.32 Å². The fourth-order valence-electron chi connectivity index (χ4n) is 1.27. The molecule has 0 aliphatic heterocycles. The van der Waals surface area contributed by atoms with Gasteiger partial charge in [-0.2, -0.15) is 11.8 Å². The second-order valence-corrected chi connectivity index (χ2v) is 8.39. The lowest BCUT2D eigenvalue weighted by atomic mass is 10.0. The number of hydrogen-bond acceptors (Lipinski definition) is 4. The van der Waals surface area contributed by atoms with E-state index in [0.29, 0.717) is 6.42 Å². The average Bonchev–Trinajstić information content (AvgIpc) is 2.14. The SMILES string of the molecule is CCSCCCNC(C)(C)CCS(C)(=O)=O. The molecular weight excluding hydrogens is 242 g/mol. The van der Waals surface area contributed by atoms with Crippen LogP contribution in [0.1, 0.15) is 33.6 Å². The van der Waals surface area contributed by atoms with Gasteiger partial charge in [0, 0.05) is 11.8 Å². The maximum atomic E-state index is 11.1. The maximum Gasteiger partial charge on any atom is 0.147 e. The molecule has 3 nitrogen and oxygen atoms in total. The Morgan fingerprint density at radius 1 is 1.31 bits per heavy atom. The molecule has 5 heteroatoms. The Bertz CT molecular complexity index is 274. The fourth-order valence-corrected chi connectivity index (χ4v) is 2.79. The zero-order valence-electron chi connectivity index (χ0n) is 10.9. The summed E-state index contributed by atoms with van der Waals surface area (Å²) < 4.78 is 22.1. The molecule has 0 radical (unpaired) electrons. The third-order valence-electron chi connectivity index (χ3n) is 2.37. The van der Waals surface area contributed by atoms with Gasteiger partial charge in [0.05, 0.1) is 5.75 Å². The molecule has 0 heterocycles. The molecule has 16 heavy (non-hydrogen) atoms. The Labute approximate surface area is 105 Å². The molecule has 98 valence electrons. The van der Waals surface area contributed by atoms with Gasteiger partial charge in [-0.25, -0.2) is 8.42 Å². The number of thioether (sulfide) groups is 1. The fraction of sp³-hybridized carbons (Fsp3) is 1.00. The molecule has 0 aromatic heterocycles. The van der Waals surface area contributed by atoms with Crippen LogP contribution in [0.2, 0.25) is 0 Å². The van der Waals surface area contributed by atoms with E-state index in [9.17, 15) is 8.42 Å². The number of nitrogens with one attached hydrogen (secondary N) is 1. The van der Waals surface area contributed by atoms with E-state index in [-0.39, 0.29) is 11.3 Å². The first-order valence-electron chi connectivity index (χ1n) is 5.77. The van der Waals surface area contributed by atoms with Gasteiger partial charge >= 0.3 is 0 Å². The van der Waals surface area contributed by atoms with Crippen molar-refractivity contribution in [1.82, 2.24) is 5.32 Å². The lowest BCUT2D eigenvalue weighted by molar-refractivity contribution is 0.378. The van der Waals surface area contributed by atoms with Crippen molar-refractivity contribution in [2.75, 3.05) is 30.1 Å². The summed E-state index contributed by atoms with van der Waals surface area (Å²) in [5, 5.41) is 3.41. The smallest absolute Gasteiger partial charge is 0.147 e. The van der Waals surface area contributed by atoms with Crippen LogP contribution in [0.4, 0.5) is 0 Å². The van der Waals surface area contributed by atoms with Gasteiger partial charge in [0.1, 0.15) is 9.84 Å². The predicted octanol–water partition coefficient (Wildman–Crippen LogP) is 1.93. The van der Waals surface area contributed by atoms with Crippen LogP contribution in [-0.4, -0.2) is 44.0 Å². The van der Waals surface area contributed by atoms with Crippen molar-refractivity contribution < 1.29 is 8.42 Å². The maximum absolute atomic E-state index is 11.1. The monoisotopic (exact) mass is 267 g/mol. The van der Waals surface area contributed by atoms with Crippen molar-refractivity contribution in [1.29, 1.82) is 0 Å². The van der Waals surface area contributed by atoms with Gasteiger partial charge in [-0.3, -0.25) is 0 Å². The topological polar surface area (TPSA) is 46.2 Å². The Balaban J connectivity index is 3.70. The van der Waals surface area contributed by atoms with Crippen LogP contribution in [0.25, 0.3) is 0 Å². The highest BCUT2D eigenvalue weighted by Gasteiger charge is 2.18. The molecule has 0 unspecified atom stereocenters. The summed E-state index contributed by atoms with van der Waals surface area (Å²) in [5.41, 5.74) is -0.0834. The summed E-state index contributed by atoms with van der Waals surface area (Å²) in [5.74, 6) is 2.60. The van der Waals surface area contributed by atoms with E-state index in [2.05, 4.69) is 26.1 Å². The zero-order chi connectivity index (χ0) is 12.7. The van der Waals surface area contributed by atoms with Gasteiger partial charge < -0.3 is 5.32 Å². The second-order valence-electron chi connectivity index (χ2n) is 4.74. The highest BCUT2D eigenvalue weighted by Crippen LogP contribution is 2.10. The van der Waals surface area contributed by atoms with Gasteiger partial charge in [0.2, 0.25) is 0 Å². The highest BCUT2D eigenvalue weighted by atomic mass is 32.2. The molecule has 0 aromatic carbocycles. The number of sulfone groups is 1. The standard InChI is InChI=1S/C11H25NO2S2/c1-5-15-9-6-8-12-11(2,3)7-10-16(4,13)14/h12H,5-10H2,1-4H3. The van der Waals surface area contributed by atoms with E-state index in [4.69, 9.17) is 0 Å². The predicted molar refractivity (Wildman–Crippen MR) is 74.0 cm³/mol. The summed E-state index contributed by atoms with van der Waals surface area (Å²) in [6, 6.07) is 0. The van der Waals surface area contributed by atoms with Crippen LogP contribution in [0.5, 0.6) is 0 Å². The lowest BCUT2D eigenvalue weighted by Crippen LogP contribution is -2.41. The summed E-state index contributed by atoms with van der Waals surface area (Å²) in [7, 11) is -2.84. The normalized spacial score (nSPS) is 13.0. The minimum atomic E-state index is -2.84. The Morgan fingerprint density at radius 2 is 1.94 bits per heavy atom. The van der Waals surface area contributed by atoms with E-state index in [1.807, 2.05) is 11.8 Å². The average molecular weight is 267 g/mol. The zero-order valence-corrected chi connectivity index (χ0v) is 12.5. The van der Waals surface area contributed by atoms with E-state index in [0.717, 1.165) is 18.7 Å². The van der Waals surface area contributed by atoms with Gasteiger partial charge in [0.25, 0.3) is 0 Å². The number of hydrogen-bond donors (Lipinski definition) is 1. The second kappa shape index (κ2) is 7.56. The summed E-state index contributed by atoms with van der Waals surface area (Å²) in [6.45, 7) is 7.24. The summed E-state index contributed by atoms with van der Waals surface area (Å²) in [6.07, 6.45) is 3.11. The largest absolute Gasteiger partial charge is 0.312 e. The molecule has 0 saturated heterocycles. The van der Waals surface area contributed by atoms with E-state index >= 15 is 0 Å². The van der Waals surface area contributed by atoms with Crippen molar-refractivity contribution in [3.05, 3.63) is 0 Å². The molecule has 0 aromatic rings. The molecule has 0 fully saturated rings. The Hall–Kier alpha value is 0.260. The minimum absolute atomic E-state index is 0.0834. The minimum Gasteiger partial charge on any atom is -0.312 e. The molecule has 0 saturated carbocycles. The first-order chi connectivity index (χ1) is 7.27. The van der Waals surface area contributed by atoms with Crippen LogP contribution in [0, 0.1) is 0 Å². The van der Waals surface area contributed by atoms with Crippen LogP contribution in [-0.2, 0) is 9.84 Å². The Kier molecular flexibility index (Phi) is 7.68. The van der Waals surface area contributed by atoms with Gasteiger partial charge in [0.15, 0.2) is 0 Å². The molecule has 0 atom stereocenters. The molecule has 0 bridgehead atoms. The van der Waals surface area contributed by atoms with Crippen molar-refractivity contribution in [3.8, 4) is 0 Å². The van der Waals surface area contributed by atoms with Crippen molar-refractivity contribution in [2.24, 2.45) is 0 Å². The van der Waals surface area contributed by atoms with Gasteiger partial charge in [-0.1, -0.05) is 6.92 Å². The molecule has 0 aliphatic carbocycles. The van der Waals surface area contributed by atoms with E-state index < -0.39 is 9.84 Å². The lowest BCUT2D eigenvalue weighted by Gasteiger charge is -2.26. The van der Waals surface area contributed by atoms with Crippen LogP contribution in [0.3, 0.4) is 0 Å². The third kappa shape index (κ3) is 10.8. The molecule has 1 N–H and O–H groups in total. The third-order valence-corrected chi connectivity index (χ3v) is 4.30. The highest BCUT2D eigenvalue weighted by molar-refractivity contribution is 7.99. The molecule has 0 amide bonds. The number of rotatable bonds is 9. The van der Waals surface area contributed by atoms with Crippen molar-refractivity contribution >= 4 is 21.6 Å². The first kappa shape index (κ1) is 16.3. The summed E-state index contributed by atoms with van der Waals surface area (Å²) >= 11 is 1.94. The van der Waals surface area contributed by atoms with E-state index in [1.165, 1.54) is 12.0 Å². The van der Waals surface area contributed by atoms with Crippen LogP contribution >= 0.6 is 11.8 Å². The molecule has 0 rings (SSSR count). The van der Waals surface area contributed by atoms with E-state index in [1.54, 1.807) is 0 Å². The van der Waals surface area contributed by atoms with Crippen molar-refractivity contribution in [2.45, 2.75) is 39.2 Å². The Morgan fingerprint density at radius 3 is 2.44 bits per heavy atom. The summed E-state index contributed by atoms with van der Waals surface area (Å²) in [4.78, 5) is 0. The molecular formula is C11H25NO2S2.